The summed E-state index contributed by atoms with van der Waals surface area (Å²) in [4.78, 5) is 15.0. The molecular formula is C39H51NO. The fraction of sp³-hybridized carbons (Fsp3) is 0.462. The minimum atomic E-state index is 0.0683. The highest BCUT2D eigenvalue weighted by atomic mass is 16.1. The number of anilines is 1. The molecule has 0 N–H and O–H groups in total. The number of nitrogens with zero attached hydrogens (tertiary/aromatic N) is 1. The van der Waals surface area contributed by atoms with Gasteiger partial charge in [-0.25, -0.2) is 0 Å². The van der Waals surface area contributed by atoms with Crippen LogP contribution in [0.15, 0.2) is 79.0 Å². The molecule has 0 bridgehead atoms. The lowest BCUT2D eigenvalue weighted by Crippen LogP contribution is -2.21. The first-order chi connectivity index (χ1) is 20.3. The van der Waals surface area contributed by atoms with Crippen LogP contribution in [0.2, 0.25) is 0 Å². The summed E-state index contributed by atoms with van der Waals surface area (Å²) in [5, 5.41) is 0. The molecule has 0 spiro atoms. The molecule has 1 aliphatic carbocycles. The Morgan fingerprint density at radius 1 is 0.585 bits per heavy atom. The van der Waals surface area contributed by atoms with Crippen molar-refractivity contribution in [1.82, 2.24) is 0 Å². The van der Waals surface area contributed by atoms with E-state index in [0.717, 1.165) is 28.8 Å². The van der Waals surface area contributed by atoms with Gasteiger partial charge < -0.3 is 4.90 Å². The highest BCUT2D eigenvalue weighted by molar-refractivity contribution is 6.30. The number of allylic oxidation sites excluding steroid dienone is 6. The molecular weight excluding hydrogens is 498 g/mol. The van der Waals surface area contributed by atoms with Gasteiger partial charge in [-0.3, -0.25) is 4.79 Å². The fourth-order valence-corrected chi connectivity index (χ4v) is 6.10. The molecule has 2 aliphatic rings. The first kappa shape index (κ1) is 30.8. The molecule has 41 heavy (non-hydrogen) atoms. The van der Waals surface area contributed by atoms with E-state index in [-0.39, 0.29) is 5.78 Å². The number of rotatable bonds is 18. The predicted molar refractivity (Wildman–Crippen MR) is 179 cm³/mol. The molecule has 0 fully saturated rings. The van der Waals surface area contributed by atoms with Gasteiger partial charge in [-0.2, -0.15) is 0 Å². The zero-order valence-electron chi connectivity index (χ0n) is 25.5. The summed E-state index contributed by atoms with van der Waals surface area (Å²) in [6.45, 7) is 3.35. The van der Waals surface area contributed by atoms with Crippen molar-refractivity contribution >= 4 is 28.7 Å². The maximum Gasteiger partial charge on any atom is 0.186 e. The van der Waals surface area contributed by atoms with Gasteiger partial charge in [-0.1, -0.05) is 158 Å². The Hall–Kier alpha value is -3.13. The van der Waals surface area contributed by atoms with E-state index < -0.39 is 0 Å². The van der Waals surface area contributed by atoms with Crippen molar-refractivity contribution in [3.05, 3.63) is 95.7 Å². The predicted octanol–water partition coefficient (Wildman–Crippen LogP) is 11.3. The lowest BCUT2D eigenvalue weighted by molar-refractivity contribution is -0.109. The summed E-state index contributed by atoms with van der Waals surface area (Å²) < 4.78 is 0. The topological polar surface area (TPSA) is 20.3 Å². The third kappa shape index (κ3) is 9.73. The lowest BCUT2D eigenvalue weighted by atomic mass is 9.90. The van der Waals surface area contributed by atoms with Gasteiger partial charge in [-0.05, 0) is 47.4 Å². The SMILES string of the molecule is CCCCCCCCCCCCCCCCCCN1C=C/C(=C/C=C2\C(=O)C=Cc3ccccc32)c2ccccc21. The normalized spacial score (nSPS) is 16.0. The fourth-order valence-electron chi connectivity index (χ4n) is 6.10. The van der Waals surface area contributed by atoms with E-state index in [2.05, 4.69) is 60.5 Å². The van der Waals surface area contributed by atoms with Crippen LogP contribution in [0.1, 0.15) is 126 Å². The molecule has 0 saturated carbocycles. The second-order valence-corrected chi connectivity index (χ2v) is 11.8. The molecule has 0 amide bonds. The highest BCUT2D eigenvalue weighted by Crippen LogP contribution is 2.34. The van der Waals surface area contributed by atoms with E-state index >= 15 is 0 Å². The summed E-state index contributed by atoms with van der Waals surface area (Å²) in [7, 11) is 0. The summed E-state index contributed by atoms with van der Waals surface area (Å²) >= 11 is 0. The summed E-state index contributed by atoms with van der Waals surface area (Å²) in [5.41, 5.74) is 6.51. The van der Waals surface area contributed by atoms with E-state index in [1.54, 1.807) is 6.08 Å². The molecule has 0 saturated heterocycles. The molecule has 2 nitrogen and oxygen atoms in total. The highest BCUT2D eigenvalue weighted by Gasteiger charge is 2.18. The van der Waals surface area contributed by atoms with Gasteiger partial charge in [0.05, 0.1) is 0 Å². The van der Waals surface area contributed by atoms with E-state index in [4.69, 9.17) is 0 Å². The van der Waals surface area contributed by atoms with Crippen LogP contribution in [0.5, 0.6) is 0 Å². The average molecular weight is 550 g/mol. The molecule has 1 heterocycles. The lowest BCUT2D eigenvalue weighted by Gasteiger charge is -2.27. The Kier molecular flexibility index (Phi) is 13.3. The monoisotopic (exact) mass is 549 g/mol. The number of fused-ring (bicyclic) bond motifs is 2. The quantitative estimate of drug-likeness (QED) is 0.136. The van der Waals surface area contributed by atoms with E-state index in [0.29, 0.717) is 0 Å². The Balaban J connectivity index is 1.15. The number of ketones is 1. The molecule has 218 valence electrons. The van der Waals surface area contributed by atoms with Crippen LogP contribution in [0.3, 0.4) is 0 Å². The standard InChI is InChI=1S/C39H51NO/c1-2-3-4-5-6-7-8-9-10-11-12-13-14-15-16-21-31-40-32-30-34(36-24-19-20-25-38(36)40)26-28-37-35-23-18-17-22-33(35)27-29-39(37)41/h17-20,22-30,32H,2-16,21,31H2,1H3/b34-26-,37-28-. The number of para-hydroxylation sites is 1. The second-order valence-electron chi connectivity index (χ2n) is 11.8. The zero-order chi connectivity index (χ0) is 28.5. The van der Waals surface area contributed by atoms with Crippen molar-refractivity contribution in [3.8, 4) is 0 Å². The number of unbranched alkanes of at least 4 members (excludes halogenated alkanes) is 15. The molecule has 0 atom stereocenters. The Morgan fingerprint density at radius 3 is 1.80 bits per heavy atom. The number of carbonyl (C=O) groups is 1. The maximum absolute atomic E-state index is 12.6. The number of benzene rings is 2. The van der Waals surface area contributed by atoms with E-state index in [1.165, 1.54) is 114 Å². The molecule has 4 rings (SSSR count). The summed E-state index contributed by atoms with van der Waals surface area (Å²) in [6, 6.07) is 16.8. The molecule has 0 unspecified atom stereocenters. The van der Waals surface area contributed by atoms with Crippen LogP contribution >= 0.6 is 0 Å². The van der Waals surface area contributed by atoms with E-state index in [9.17, 15) is 4.79 Å². The smallest absolute Gasteiger partial charge is 0.186 e. The van der Waals surface area contributed by atoms with Gasteiger partial charge >= 0.3 is 0 Å². The minimum absolute atomic E-state index is 0.0683. The third-order valence-corrected chi connectivity index (χ3v) is 8.57. The van der Waals surface area contributed by atoms with Crippen molar-refractivity contribution < 1.29 is 4.79 Å². The number of hydrogen-bond acceptors (Lipinski definition) is 2. The van der Waals surface area contributed by atoms with E-state index in [1.807, 2.05) is 30.4 Å². The number of carbonyl (C=O) groups excluding carboxylic acids is 1. The first-order valence-electron chi connectivity index (χ1n) is 16.6. The molecule has 2 heteroatoms. The van der Waals surface area contributed by atoms with Crippen molar-refractivity contribution in [2.45, 2.75) is 110 Å². The van der Waals surface area contributed by atoms with Gasteiger partial charge in [0.15, 0.2) is 5.78 Å². The molecule has 2 aromatic carbocycles. The zero-order valence-corrected chi connectivity index (χ0v) is 25.5. The maximum atomic E-state index is 12.6. The molecule has 1 aliphatic heterocycles. The van der Waals surface area contributed by atoms with Crippen molar-refractivity contribution in [3.63, 3.8) is 0 Å². The van der Waals surface area contributed by atoms with Crippen LogP contribution in [0.25, 0.3) is 17.2 Å². The first-order valence-corrected chi connectivity index (χ1v) is 16.6. The Morgan fingerprint density at radius 2 is 1.15 bits per heavy atom. The summed E-state index contributed by atoms with van der Waals surface area (Å²) in [6.07, 6.45) is 34.4. The largest absolute Gasteiger partial charge is 0.347 e. The molecule has 0 radical (unpaired) electrons. The van der Waals surface area contributed by atoms with Crippen LogP contribution in [-0.4, -0.2) is 12.3 Å². The summed E-state index contributed by atoms with van der Waals surface area (Å²) in [5.74, 6) is 0.0683. The van der Waals surface area contributed by atoms with Gasteiger partial charge in [-0.15, -0.1) is 0 Å². The van der Waals surface area contributed by atoms with Gasteiger partial charge in [0.2, 0.25) is 0 Å². The van der Waals surface area contributed by atoms with Crippen molar-refractivity contribution in [1.29, 1.82) is 0 Å². The van der Waals surface area contributed by atoms with Crippen LogP contribution < -0.4 is 4.90 Å². The average Bonchev–Trinajstić information content (AvgIpc) is 3.01. The minimum Gasteiger partial charge on any atom is -0.347 e. The second kappa shape index (κ2) is 17.6. The molecule has 0 aromatic heterocycles. The Labute approximate surface area is 249 Å². The third-order valence-electron chi connectivity index (χ3n) is 8.57. The molecule has 2 aromatic rings. The van der Waals surface area contributed by atoms with Gasteiger partial charge in [0.25, 0.3) is 0 Å². The van der Waals surface area contributed by atoms with Crippen LogP contribution in [-0.2, 0) is 4.79 Å². The van der Waals surface area contributed by atoms with Gasteiger partial charge in [0.1, 0.15) is 0 Å². The Bertz CT molecular complexity index is 1210. The van der Waals surface area contributed by atoms with Crippen LogP contribution in [0.4, 0.5) is 5.69 Å². The van der Waals surface area contributed by atoms with Crippen LogP contribution in [0, 0.1) is 0 Å². The number of hydrogen-bond donors (Lipinski definition) is 0. The van der Waals surface area contributed by atoms with Crippen molar-refractivity contribution in [2.24, 2.45) is 0 Å². The van der Waals surface area contributed by atoms with Gasteiger partial charge in [0, 0.05) is 29.6 Å². The van der Waals surface area contributed by atoms with Crippen molar-refractivity contribution in [2.75, 3.05) is 11.4 Å².